The molecule has 112 valence electrons. The Labute approximate surface area is 123 Å². The number of piperidine rings is 3. The van der Waals surface area contributed by atoms with Crippen LogP contribution in [0.5, 0.6) is 5.75 Å². The number of ether oxygens (including phenoxy) is 2. The number of aromatic nitrogens is 2. The van der Waals surface area contributed by atoms with Gasteiger partial charge in [0.15, 0.2) is 5.75 Å². The van der Waals surface area contributed by atoms with Gasteiger partial charge in [0.05, 0.1) is 26.0 Å². The molecule has 5 heterocycles. The maximum absolute atomic E-state index is 6.17. The molecule has 0 radical (unpaired) electrons. The molecule has 7 nitrogen and oxygen atoms in total. The number of rotatable bonds is 2. The van der Waals surface area contributed by atoms with Crippen LogP contribution in [0.2, 0.25) is 0 Å². The van der Waals surface area contributed by atoms with Crippen molar-refractivity contribution in [3.05, 3.63) is 12.4 Å². The lowest BCUT2D eigenvalue weighted by atomic mass is 9.75. The summed E-state index contributed by atoms with van der Waals surface area (Å²) in [5, 5.41) is 3.05. The highest BCUT2D eigenvalue weighted by Gasteiger charge is 2.51. The van der Waals surface area contributed by atoms with E-state index in [0.29, 0.717) is 23.6 Å². The first-order chi connectivity index (χ1) is 10.3. The third kappa shape index (κ3) is 2.21. The number of methoxy groups -OCH3 is 1. The number of hydrogen-bond donors (Lipinski definition) is 1. The van der Waals surface area contributed by atoms with Crippen LogP contribution < -0.4 is 10.1 Å². The Morgan fingerprint density at radius 1 is 1.33 bits per heavy atom. The lowest BCUT2D eigenvalue weighted by Gasteiger charge is -2.50. The monoisotopic (exact) mass is 289 g/mol. The summed E-state index contributed by atoms with van der Waals surface area (Å²) < 4.78 is 11.2. The van der Waals surface area contributed by atoms with E-state index in [2.05, 4.69) is 25.2 Å². The minimum atomic E-state index is -0.134. The van der Waals surface area contributed by atoms with E-state index in [9.17, 15) is 0 Å². The largest absolute Gasteiger partial charge is 0.494 e. The molecule has 4 aliphatic rings. The number of nitrogens with zero attached hydrogens (tertiary/aromatic N) is 4. The molecular formula is C14H19N5O2. The zero-order valence-electron chi connectivity index (χ0n) is 12.1. The summed E-state index contributed by atoms with van der Waals surface area (Å²) in [5.41, 5.74) is -0.134. The van der Waals surface area contributed by atoms with Crippen LogP contribution in [0.4, 0.5) is 5.95 Å². The van der Waals surface area contributed by atoms with Gasteiger partial charge in [0.25, 0.3) is 6.02 Å². The Morgan fingerprint density at radius 3 is 2.71 bits per heavy atom. The van der Waals surface area contributed by atoms with E-state index >= 15 is 0 Å². The molecular weight excluding hydrogens is 270 g/mol. The molecule has 0 amide bonds. The van der Waals surface area contributed by atoms with Crippen LogP contribution in [0.1, 0.15) is 12.8 Å². The SMILES string of the molecule is COc1cnc(NC2=NC[C@@]3(CN4CCC3CC4)O2)nc1. The van der Waals surface area contributed by atoms with Gasteiger partial charge in [-0.15, -0.1) is 0 Å². The molecule has 7 heteroatoms. The van der Waals surface area contributed by atoms with E-state index in [1.54, 1.807) is 19.5 Å². The molecule has 1 aromatic rings. The zero-order valence-corrected chi connectivity index (χ0v) is 12.1. The minimum absolute atomic E-state index is 0.134. The molecule has 5 rings (SSSR count). The molecule has 0 saturated carbocycles. The molecule has 1 spiro atoms. The van der Waals surface area contributed by atoms with E-state index in [-0.39, 0.29) is 5.60 Å². The van der Waals surface area contributed by atoms with Crippen LogP contribution in [-0.2, 0) is 4.74 Å². The lowest BCUT2D eigenvalue weighted by molar-refractivity contribution is -0.0829. The second kappa shape index (κ2) is 4.84. The first-order valence-electron chi connectivity index (χ1n) is 7.36. The molecule has 4 aliphatic heterocycles. The van der Waals surface area contributed by atoms with Gasteiger partial charge in [0.1, 0.15) is 5.60 Å². The van der Waals surface area contributed by atoms with Crippen LogP contribution in [0.3, 0.4) is 0 Å². The summed E-state index contributed by atoms with van der Waals surface area (Å²) in [4.78, 5) is 15.3. The second-order valence-electron chi connectivity index (χ2n) is 5.91. The van der Waals surface area contributed by atoms with E-state index in [4.69, 9.17) is 9.47 Å². The lowest BCUT2D eigenvalue weighted by Crippen LogP contribution is -2.61. The Morgan fingerprint density at radius 2 is 2.10 bits per heavy atom. The predicted octanol–water partition coefficient (Wildman–Crippen LogP) is 0.748. The van der Waals surface area contributed by atoms with Crippen molar-refractivity contribution in [2.45, 2.75) is 18.4 Å². The molecule has 1 N–H and O–H groups in total. The van der Waals surface area contributed by atoms with Crippen molar-refractivity contribution in [2.75, 3.05) is 38.6 Å². The van der Waals surface area contributed by atoms with E-state index < -0.39 is 0 Å². The van der Waals surface area contributed by atoms with Gasteiger partial charge in [-0.2, -0.15) is 0 Å². The molecule has 0 aliphatic carbocycles. The number of anilines is 1. The van der Waals surface area contributed by atoms with Crippen molar-refractivity contribution < 1.29 is 9.47 Å². The first kappa shape index (κ1) is 12.8. The molecule has 3 saturated heterocycles. The molecule has 2 bridgehead atoms. The summed E-state index contributed by atoms with van der Waals surface area (Å²) in [5.74, 6) is 1.72. The Hall–Kier alpha value is -1.89. The molecule has 3 fully saturated rings. The quantitative estimate of drug-likeness (QED) is 0.866. The second-order valence-corrected chi connectivity index (χ2v) is 5.91. The van der Waals surface area contributed by atoms with Crippen LogP contribution >= 0.6 is 0 Å². The molecule has 21 heavy (non-hydrogen) atoms. The van der Waals surface area contributed by atoms with Gasteiger partial charge in [0.2, 0.25) is 5.95 Å². The molecule has 0 aromatic carbocycles. The summed E-state index contributed by atoms with van der Waals surface area (Å²) >= 11 is 0. The van der Waals surface area contributed by atoms with E-state index in [1.165, 1.54) is 25.9 Å². The highest BCUT2D eigenvalue weighted by Crippen LogP contribution is 2.40. The maximum atomic E-state index is 6.17. The predicted molar refractivity (Wildman–Crippen MR) is 77.5 cm³/mol. The maximum Gasteiger partial charge on any atom is 0.292 e. The van der Waals surface area contributed by atoms with Gasteiger partial charge < -0.3 is 9.47 Å². The molecule has 1 atom stereocenters. The number of nitrogens with one attached hydrogen (secondary N) is 1. The summed E-state index contributed by atoms with van der Waals surface area (Å²) in [6.07, 6.45) is 5.66. The average molecular weight is 289 g/mol. The fraction of sp³-hybridized carbons (Fsp3) is 0.643. The molecule has 0 unspecified atom stereocenters. The van der Waals surface area contributed by atoms with Gasteiger partial charge in [0, 0.05) is 12.5 Å². The number of aliphatic imine (C=N–C) groups is 1. The number of fused-ring (bicyclic) bond motifs is 2. The minimum Gasteiger partial charge on any atom is -0.494 e. The molecule has 1 aromatic heterocycles. The summed E-state index contributed by atoms with van der Waals surface area (Å²) in [6.45, 7) is 4.10. The van der Waals surface area contributed by atoms with Gasteiger partial charge in [-0.05, 0) is 25.9 Å². The fourth-order valence-electron chi connectivity index (χ4n) is 3.53. The van der Waals surface area contributed by atoms with Crippen LogP contribution in [0, 0.1) is 5.92 Å². The number of amidine groups is 1. The zero-order chi connectivity index (χ0) is 14.3. The Kier molecular flexibility index (Phi) is 2.95. The topological polar surface area (TPSA) is 71.9 Å². The van der Waals surface area contributed by atoms with Gasteiger partial charge in [-0.1, -0.05) is 0 Å². The van der Waals surface area contributed by atoms with Crippen LogP contribution in [-0.4, -0.2) is 59.8 Å². The summed E-state index contributed by atoms with van der Waals surface area (Å²) in [7, 11) is 1.59. The van der Waals surface area contributed by atoms with Crippen molar-refractivity contribution in [3.8, 4) is 5.75 Å². The van der Waals surface area contributed by atoms with E-state index in [1.807, 2.05) is 0 Å². The van der Waals surface area contributed by atoms with Crippen LogP contribution in [0.25, 0.3) is 0 Å². The van der Waals surface area contributed by atoms with Gasteiger partial charge in [-0.25, -0.2) is 15.0 Å². The third-order valence-corrected chi connectivity index (χ3v) is 4.70. The van der Waals surface area contributed by atoms with E-state index in [0.717, 1.165) is 13.1 Å². The van der Waals surface area contributed by atoms with Crippen molar-refractivity contribution in [3.63, 3.8) is 0 Å². The van der Waals surface area contributed by atoms with Gasteiger partial charge >= 0.3 is 0 Å². The Bertz CT molecular complexity index is 553. The highest BCUT2D eigenvalue weighted by atomic mass is 16.5. The first-order valence-corrected chi connectivity index (χ1v) is 7.36. The van der Waals surface area contributed by atoms with Gasteiger partial charge in [-0.3, -0.25) is 10.2 Å². The summed E-state index contributed by atoms with van der Waals surface area (Å²) in [6, 6.07) is 0.536. The highest BCUT2D eigenvalue weighted by molar-refractivity contribution is 5.88. The Balaban J connectivity index is 1.44. The normalized spacial score (nSPS) is 33.7. The standard InChI is InChI=1S/C14H19N5O2/c1-20-11-6-15-12(16-7-11)18-13-17-8-14(21-13)9-19-4-2-10(14)3-5-19/h6-7,10H,2-5,8-9H2,1H3,(H,15,16,17,18)/t14-/m0/s1. The average Bonchev–Trinajstić information content (AvgIpc) is 2.91. The smallest absolute Gasteiger partial charge is 0.292 e. The van der Waals surface area contributed by atoms with Crippen molar-refractivity contribution in [1.82, 2.24) is 14.9 Å². The van der Waals surface area contributed by atoms with Crippen molar-refractivity contribution >= 4 is 12.0 Å². The fourth-order valence-corrected chi connectivity index (χ4v) is 3.53. The van der Waals surface area contributed by atoms with Crippen molar-refractivity contribution in [2.24, 2.45) is 10.9 Å². The van der Waals surface area contributed by atoms with Crippen LogP contribution in [0.15, 0.2) is 17.4 Å². The van der Waals surface area contributed by atoms with Crippen molar-refractivity contribution in [1.29, 1.82) is 0 Å². The number of hydrogen-bond acceptors (Lipinski definition) is 7. The third-order valence-electron chi connectivity index (χ3n) is 4.70.